The first-order valence-corrected chi connectivity index (χ1v) is 19.8. The molecule has 0 bridgehead atoms. The Morgan fingerprint density at radius 3 is 1.79 bits per heavy atom. The highest BCUT2D eigenvalue weighted by Gasteiger charge is 2.41. The molecule has 2 aliphatic rings. The van der Waals surface area contributed by atoms with E-state index >= 15 is 0 Å². The van der Waals surface area contributed by atoms with Crippen molar-refractivity contribution in [3.63, 3.8) is 0 Å². The molecule has 0 spiro atoms. The van der Waals surface area contributed by atoms with E-state index in [4.69, 9.17) is 0 Å². The summed E-state index contributed by atoms with van der Waals surface area (Å²) in [5.41, 5.74) is 20.0. The molecule has 2 nitrogen and oxygen atoms in total. The molecule has 9 aromatic rings. The monoisotopic (exact) mass is 718 g/mol. The molecule has 0 fully saturated rings. The van der Waals surface area contributed by atoms with Gasteiger partial charge in [0.1, 0.15) is 0 Å². The SMILES string of the molecule is CC1(C)c2ccccc2-c2c(N(c3ccccc3-c3ccc4c(c3)c3ccccc3n4-c3ccccc3)c3cccc4c3C(C)(C)c3ccccc3-4)cccc21. The van der Waals surface area contributed by atoms with E-state index in [0.29, 0.717) is 0 Å². The molecular formula is C54H42N2. The van der Waals surface area contributed by atoms with Crippen LogP contribution in [0, 0.1) is 0 Å². The molecule has 0 atom stereocenters. The number of para-hydroxylation sites is 3. The van der Waals surface area contributed by atoms with Crippen LogP contribution in [0.1, 0.15) is 49.9 Å². The Balaban J connectivity index is 1.20. The third kappa shape index (κ3) is 4.50. The van der Waals surface area contributed by atoms with E-state index < -0.39 is 0 Å². The molecule has 2 aliphatic carbocycles. The molecule has 0 N–H and O–H groups in total. The van der Waals surface area contributed by atoms with Crippen molar-refractivity contribution < 1.29 is 0 Å². The molecule has 268 valence electrons. The van der Waals surface area contributed by atoms with Gasteiger partial charge in [-0.05, 0) is 93.0 Å². The second-order valence-electron chi connectivity index (χ2n) is 16.5. The maximum Gasteiger partial charge on any atom is 0.0543 e. The van der Waals surface area contributed by atoms with Crippen molar-refractivity contribution in [2.24, 2.45) is 0 Å². The van der Waals surface area contributed by atoms with Crippen molar-refractivity contribution in [3.05, 3.63) is 204 Å². The highest BCUT2D eigenvalue weighted by molar-refractivity contribution is 6.11. The summed E-state index contributed by atoms with van der Waals surface area (Å²) in [5.74, 6) is 0. The Labute approximate surface area is 328 Å². The first kappa shape index (κ1) is 32.8. The Kier molecular flexibility index (Phi) is 6.98. The van der Waals surface area contributed by atoms with Crippen molar-refractivity contribution >= 4 is 38.9 Å². The van der Waals surface area contributed by atoms with Gasteiger partial charge in [-0.2, -0.15) is 0 Å². The van der Waals surface area contributed by atoms with Crippen molar-refractivity contribution in [2.45, 2.75) is 38.5 Å². The fourth-order valence-corrected chi connectivity index (χ4v) is 10.2. The fourth-order valence-electron chi connectivity index (χ4n) is 10.2. The van der Waals surface area contributed by atoms with Crippen LogP contribution in [0.4, 0.5) is 17.1 Å². The van der Waals surface area contributed by atoms with Crippen LogP contribution in [-0.4, -0.2) is 4.57 Å². The quantitative estimate of drug-likeness (QED) is 0.172. The highest BCUT2D eigenvalue weighted by Crippen LogP contribution is 2.58. The zero-order chi connectivity index (χ0) is 37.8. The van der Waals surface area contributed by atoms with E-state index in [2.05, 4.69) is 219 Å². The van der Waals surface area contributed by atoms with E-state index in [0.717, 1.165) is 5.69 Å². The van der Waals surface area contributed by atoms with Crippen LogP contribution in [0.2, 0.25) is 0 Å². The van der Waals surface area contributed by atoms with Crippen LogP contribution >= 0.6 is 0 Å². The largest absolute Gasteiger partial charge is 0.309 e. The van der Waals surface area contributed by atoms with Gasteiger partial charge in [0.2, 0.25) is 0 Å². The minimum absolute atomic E-state index is 0.126. The van der Waals surface area contributed by atoms with Gasteiger partial charge >= 0.3 is 0 Å². The molecule has 0 radical (unpaired) electrons. The molecule has 0 unspecified atom stereocenters. The first-order chi connectivity index (χ1) is 27.3. The minimum atomic E-state index is -0.205. The summed E-state index contributed by atoms with van der Waals surface area (Å²) in [6, 6.07) is 67.5. The van der Waals surface area contributed by atoms with Crippen molar-refractivity contribution in [2.75, 3.05) is 4.90 Å². The van der Waals surface area contributed by atoms with E-state index in [-0.39, 0.29) is 10.8 Å². The van der Waals surface area contributed by atoms with Crippen molar-refractivity contribution in [1.29, 1.82) is 0 Å². The maximum absolute atomic E-state index is 2.59. The average Bonchev–Trinajstić information content (AvgIpc) is 3.79. The topological polar surface area (TPSA) is 8.17 Å². The van der Waals surface area contributed by atoms with Crippen LogP contribution < -0.4 is 4.90 Å². The van der Waals surface area contributed by atoms with Crippen LogP contribution in [-0.2, 0) is 10.8 Å². The molecule has 11 rings (SSSR count). The van der Waals surface area contributed by atoms with E-state index in [9.17, 15) is 0 Å². The molecule has 0 saturated carbocycles. The van der Waals surface area contributed by atoms with Gasteiger partial charge in [0, 0.05) is 38.4 Å². The number of hydrogen-bond acceptors (Lipinski definition) is 1. The second-order valence-corrected chi connectivity index (χ2v) is 16.5. The third-order valence-electron chi connectivity index (χ3n) is 12.8. The standard InChI is InChI=1S/C54H42N2/c1-53(2)44-26-13-9-23-41(44)51-45(53)27-17-30-49(51)56(50-31-16-24-40-38-21-8-12-25-43(38)54(3,4)52(40)50)46-28-14-10-20-37(46)35-32-33-48-42(34-35)39-22-11-15-29-47(39)55(48)36-18-6-5-7-19-36/h5-34H,1-4H3. The van der Waals surface area contributed by atoms with Gasteiger partial charge in [0.05, 0.1) is 28.1 Å². The number of anilines is 3. The molecule has 2 heteroatoms. The zero-order valence-electron chi connectivity index (χ0n) is 32.2. The van der Waals surface area contributed by atoms with E-state index in [1.165, 1.54) is 94.5 Å². The Bertz CT molecular complexity index is 3030. The maximum atomic E-state index is 2.59. The molecule has 0 saturated heterocycles. The molecule has 1 aromatic heterocycles. The number of benzene rings is 8. The fraction of sp³-hybridized carbons (Fsp3) is 0.111. The van der Waals surface area contributed by atoms with Gasteiger partial charge < -0.3 is 9.47 Å². The number of fused-ring (bicyclic) bond motifs is 9. The third-order valence-corrected chi connectivity index (χ3v) is 12.8. The lowest BCUT2D eigenvalue weighted by molar-refractivity contribution is 0.659. The van der Waals surface area contributed by atoms with Gasteiger partial charge in [-0.25, -0.2) is 0 Å². The van der Waals surface area contributed by atoms with Crippen molar-refractivity contribution in [3.8, 4) is 39.1 Å². The Morgan fingerprint density at radius 2 is 0.964 bits per heavy atom. The van der Waals surface area contributed by atoms with Gasteiger partial charge in [0.15, 0.2) is 0 Å². The van der Waals surface area contributed by atoms with Gasteiger partial charge in [-0.15, -0.1) is 0 Å². The van der Waals surface area contributed by atoms with Crippen molar-refractivity contribution in [1.82, 2.24) is 4.57 Å². The molecular weight excluding hydrogens is 677 g/mol. The molecule has 0 aliphatic heterocycles. The molecule has 1 heterocycles. The Morgan fingerprint density at radius 1 is 0.393 bits per heavy atom. The number of hydrogen-bond donors (Lipinski definition) is 0. The first-order valence-electron chi connectivity index (χ1n) is 19.8. The predicted molar refractivity (Wildman–Crippen MR) is 236 cm³/mol. The molecule has 0 amide bonds. The van der Waals surface area contributed by atoms with Gasteiger partial charge in [-0.1, -0.05) is 161 Å². The van der Waals surface area contributed by atoms with E-state index in [1.807, 2.05) is 0 Å². The minimum Gasteiger partial charge on any atom is -0.309 e. The zero-order valence-corrected chi connectivity index (χ0v) is 32.2. The molecule has 56 heavy (non-hydrogen) atoms. The number of nitrogens with zero attached hydrogens (tertiary/aromatic N) is 2. The molecule has 8 aromatic carbocycles. The average molecular weight is 719 g/mol. The summed E-state index contributed by atoms with van der Waals surface area (Å²) >= 11 is 0. The van der Waals surface area contributed by atoms with Crippen LogP contribution in [0.5, 0.6) is 0 Å². The van der Waals surface area contributed by atoms with Crippen LogP contribution in [0.15, 0.2) is 182 Å². The summed E-state index contributed by atoms with van der Waals surface area (Å²) in [5, 5.41) is 2.50. The van der Waals surface area contributed by atoms with Crippen LogP contribution in [0.3, 0.4) is 0 Å². The second kappa shape index (κ2) is 11.9. The van der Waals surface area contributed by atoms with Gasteiger partial charge in [0.25, 0.3) is 0 Å². The number of rotatable bonds is 5. The summed E-state index contributed by atoms with van der Waals surface area (Å²) in [6.45, 7) is 9.55. The highest BCUT2D eigenvalue weighted by atomic mass is 15.2. The van der Waals surface area contributed by atoms with Gasteiger partial charge in [-0.3, -0.25) is 0 Å². The summed E-state index contributed by atoms with van der Waals surface area (Å²) < 4.78 is 2.39. The summed E-state index contributed by atoms with van der Waals surface area (Å²) in [4.78, 5) is 2.59. The Hall–Kier alpha value is -6.64. The predicted octanol–water partition coefficient (Wildman–Crippen LogP) is 14.5. The number of aromatic nitrogens is 1. The van der Waals surface area contributed by atoms with E-state index in [1.54, 1.807) is 0 Å². The lowest BCUT2D eigenvalue weighted by Crippen LogP contribution is -2.21. The summed E-state index contributed by atoms with van der Waals surface area (Å²) in [7, 11) is 0. The smallest absolute Gasteiger partial charge is 0.0543 e. The lowest BCUT2D eigenvalue weighted by atomic mass is 9.81. The lowest BCUT2D eigenvalue weighted by Gasteiger charge is -2.34. The normalized spacial score (nSPS) is 14.4. The summed E-state index contributed by atoms with van der Waals surface area (Å²) in [6.07, 6.45) is 0. The van der Waals surface area contributed by atoms with Crippen LogP contribution in [0.25, 0.3) is 60.9 Å².